The van der Waals surface area contributed by atoms with Gasteiger partial charge in [-0.2, -0.15) is 0 Å². The van der Waals surface area contributed by atoms with Crippen LogP contribution in [0.2, 0.25) is 0 Å². The van der Waals surface area contributed by atoms with Gasteiger partial charge in [0.2, 0.25) is 0 Å². The topological polar surface area (TPSA) is 126 Å². The van der Waals surface area contributed by atoms with Crippen molar-refractivity contribution in [3.8, 4) is 0 Å². The number of carboxylic acid groups (broad SMARTS) is 1. The number of nitrogens with one attached hydrogen (secondary N) is 2. The van der Waals surface area contributed by atoms with Gasteiger partial charge in [0.25, 0.3) is 5.91 Å². The molecule has 0 radical (unpaired) electrons. The van der Waals surface area contributed by atoms with Crippen molar-refractivity contribution in [2.24, 2.45) is 7.05 Å². The number of amides is 3. The summed E-state index contributed by atoms with van der Waals surface area (Å²) in [5.74, 6) is -1.25. The van der Waals surface area contributed by atoms with Crippen LogP contribution >= 0.6 is 0 Å². The summed E-state index contributed by atoms with van der Waals surface area (Å²) in [5, 5.41) is 20.8. The lowest BCUT2D eigenvalue weighted by Gasteiger charge is -2.07. The second-order valence-electron chi connectivity index (χ2n) is 4.37. The van der Waals surface area contributed by atoms with E-state index in [0.717, 1.165) is 0 Å². The molecule has 0 aliphatic heterocycles. The number of rotatable bonds is 5. The number of urea groups is 1. The monoisotopic (exact) mass is 295 g/mol. The van der Waals surface area contributed by atoms with Crippen molar-refractivity contribution < 1.29 is 19.5 Å². The highest BCUT2D eigenvalue weighted by Crippen LogP contribution is 2.03. The maximum Gasteiger partial charge on any atom is 0.331 e. The number of carbonyl (C=O) groups excluding carboxylic acids is 2. The fourth-order valence-electron chi connectivity index (χ4n) is 1.39. The lowest BCUT2D eigenvalue weighted by molar-refractivity contribution is -0.133. The number of carboxylic acids is 1. The Morgan fingerprint density at radius 1 is 1.29 bits per heavy atom. The van der Waals surface area contributed by atoms with Gasteiger partial charge in [-0.15, -0.1) is 10.2 Å². The lowest BCUT2D eigenvalue weighted by atomic mass is 10.1. The van der Waals surface area contributed by atoms with E-state index in [0.29, 0.717) is 12.2 Å². The molecule has 0 spiro atoms. The largest absolute Gasteiger partial charge is 0.478 e. The van der Waals surface area contributed by atoms with E-state index in [2.05, 4.69) is 20.8 Å². The van der Waals surface area contributed by atoms with Crippen LogP contribution in [-0.2, 0) is 23.1 Å². The number of nitrogens with zero attached hydrogens (tertiary/aromatic N) is 3. The maximum absolute atomic E-state index is 11.6. The maximum atomic E-state index is 11.6. The molecule has 0 bridgehead atoms. The van der Waals surface area contributed by atoms with Gasteiger partial charge in [-0.3, -0.25) is 10.1 Å². The summed E-state index contributed by atoms with van der Waals surface area (Å²) in [6.07, 6.45) is 2.00. The van der Waals surface area contributed by atoms with E-state index in [1.165, 1.54) is 13.8 Å². The first-order valence-electron chi connectivity index (χ1n) is 6.15. The minimum atomic E-state index is -1.20. The Bertz CT molecular complexity index is 590. The van der Waals surface area contributed by atoms with Gasteiger partial charge in [0.05, 0.1) is 0 Å². The van der Waals surface area contributed by atoms with Crippen molar-refractivity contribution >= 4 is 17.9 Å². The molecule has 0 saturated heterocycles. The van der Waals surface area contributed by atoms with Crippen molar-refractivity contribution in [2.75, 3.05) is 6.54 Å². The Balaban J connectivity index is 2.44. The van der Waals surface area contributed by atoms with Crippen LogP contribution in [0.25, 0.3) is 0 Å². The molecule has 0 saturated carbocycles. The van der Waals surface area contributed by atoms with Crippen molar-refractivity contribution in [3.63, 3.8) is 0 Å². The number of hydrogen-bond donors (Lipinski definition) is 3. The van der Waals surface area contributed by atoms with Crippen LogP contribution in [0, 0.1) is 0 Å². The molecule has 1 heterocycles. The molecule has 0 fully saturated rings. The quantitative estimate of drug-likeness (QED) is 0.635. The Morgan fingerprint density at radius 2 is 1.95 bits per heavy atom. The smallest absolute Gasteiger partial charge is 0.331 e. The third-order valence-corrected chi connectivity index (χ3v) is 2.89. The summed E-state index contributed by atoms with van der Waals surface area (Å²) in [7, 11) is 1.78. The predicted molar refractivity (Wildman–Crippen MR) is 72.3 cm³/mol. The van der Waals surface area contributed by atoms with E-state index >= 15 is 0 Å². The average molecular weight is 295 g/mol. The van der Waals surface area contributed by atoms with Gasteiger partial charge in [0.15, 0.2) is 0 Å². The molecule has 21 heavy (non-hydrogen) atoms. The van der Waals surface area contributed by atoms with E-state index in [-0.39, 0.29) is 17.7 Å². The Labute approximate surface area is 121 Å². The first-order chi connectivity index (χ1) is 9.82. The molecule has 114 valence electrons. The van der Waals surface area contributed by atoms with E-state index in [9.17, 15) is 14.4 Å². The lowest BCUT2D eigenvalue weighted by Crippen LogP contribution is -2.41. The van der Waals surface area contributed by atoms with Gasteiger partial charge in [-0.1, -0.05) is 0 Å². The Kier molecular flexibility index (Phi) is 5.58. The fourth-order valence-corrected chi connectivity index (χ4v) is 1.39. The molecular formula is C12H17N5O4. The predicted octanol–water partition coefficient (Wildman–Crippen LogP) is -0.396. The Hall–Kier alpha value is -2.71. The molecule has 0 aliphatic carbocycles. The SMILES string of the molecule is CC(C(=O)O)=C(C)C(=O)NC(=O)NCCc1nncn1C. The van der Waals surface area contributed by atoms with Crippen molar-refractivity contribution in [2.45, 2.75) is 20.3 Å². The van der Waals surface area contributed by atoms with Gasteiger partial charge >= 0.3 is 12.0 Å². The molecule has 0 aliphatic rings. The molecule has 0 atom stereocenters. The number of hydrogen-bond acceptors (Lipinski definition) is 5. The van der Waals surface area contributed by atoms with E-state index in [1.807, 2.05) is 0 Å². The number of aliphatic carboxylic acids is 1. The van der Waals surface area contributed by atoms with Crippen LogP contribution < -0.4 is 10.6 Å². The first-order valence-corrected chi connectivity index (χ1v) is 6.15. The summed E-state index contributed by atoms with van der Waals surface area (Å²) in [6, 6.07) is -0.695. The molecule has 0 unspecified atom stereocenters. The van der Waals surface area contributed by atoms with Crippen molar-refractivity contribution in [1.82, 2.24) is 25.4 Å². The highest BCUT2D eigenvalue weighted by atomic mass is 16.4. The zero-order chi connectivity index (χ0) is 16.0. The van der Waals surface area contributed by atoms with Gasteiger partial charge < -0.3 is 15.0 Å². The molecule has 9 heteroatoms. The normalized spacial score (nSPS) is 11.6. The van der Waals surface area contributed by atoms with Gasteiger partial charge in [-0.05, 0) is 13.8 Å². The number of aromatic nitrogens is 3. The summed E-state index contributed by atoms with van der Waals surface area (Å²) >= 11 is 0. The highest BCUT2D eigenvalue weighted by molar-refractivity contribution is 6.07. The molecule has 1 aromatic heterocycles. The minimum Gasteiger partial charge on any atom is -0.478 e. The summed E-state index contributed by atoms with van der Waals surface area (Å²) in [6.45, 7) is 2.90. The van der Waals surface area contributed by atoms with Crippen LogP contribution in [0.4, 0.5) is 4.79 Å². The van der Waals surface area contributed by atoms with Crippen molar-refractivity contribution in [1.29, 1.82) is 0 Å². The molecule has 9 nitrogen and oxygen atoms in total. The molecule has 3 N–H and O–H groups in total. The zero-order valence-corrected chi connectivity index (χ0v) is 12.0. The summed E-state index contributed by atoms with van der Waals surface area (Å²) in [5.41, 5.74) is -0.134. The number of aryl methyl sites for hydroxylation is 1. The van der Waals surface area contributed by atoms with Crippen molar-refractivity contribution in [3.05, 3.63) is 23.3 Å². The molecule has 1 rings (SSSR count). The third kappa shape index (κ3) is 4.71. The van der Waals surface area contributed by atoms with Gasteiger partial charge in [0.1, 0.15) is 12.2 Å². The molecule has 3 amide bonds. The summed E-state index contributed by atoms with van der Waals surface area (Å²) in [4.78, 5) is 33.8. The number of carbonyl (C=O) groups is 3. The second kappa shape index (κ2) is 7.17. The first kappa shape index (κ1) is 16.3. The summed E-state index contributed by atoms with van der Waals surface area (Å²) < 4.78 is 1.72. The zero-order valence-electron chi connectivity index (χ0n) is 12.0. The second-order valence-corrected chi connectivity index (χ2v) is 4.37. The van der Waals surface area contributed by atoms with Gasteiger partial charge in [0, 0.05) is 31.2 Å². The standard InChI is InChI=1S/C12H17N5O4/c1-7(8(2)11(19)20)10(18)15-12(21)13-5-4-9-16-14-6-17(9)3/h6H,4-5H2,1-3H3,(H,19,20)(H2,13,15,18,21). The van der Waals surface area contributed by atoms with E-state index in [1.54, 1.807) is 17.9 Å². The third-order valence-electron chi connectivity index (χ3n) is 2.89. The highest BCUT2D eigenvalue weighted by Gasteiger charge is 2.15. The fraction of sp³-hybridized carbons (Fsp3) is 0.417. The molecule has 1 aromatic rings. The van der Waals surface area contributed by atoms with Crippen LogP contribution in [-0.4, -0.2) is 44.3 Å². The van der Waals surface area contributed by atoms with E-state index < -0.39 is 17.9 Å². The van der Waals surface area contributed by atoms with Gasteiger partial charge in [-0.25, -0.2) is 9.59 Å². The van der Waals surface area contributed by atoms with E-state index in [4.69, 9.17) is 5.11 Å². The molecular weight excluding hydrogens is 278 g/mol. The van der Waals surface area contributed by atoms with Crippen LogP contribution in [0.15, 0.2) is 17.5 Å². The Morgan fingerprint density at radius 3 is 2.48 bits per heavy atom. The minimum absolute atomic E-state index is 0.0223. The molecule has 0 aromatic carbocycles. The number of imide groups is 1. The van der Waals surface area contributed by atoms with Crippen LogP contribution in [0.5, 0.6) is 0 Å². The van der Waals surface area contributed by atoms with Crippen LogP contribution in [0.3, 0.4) is 0 Å². The average Bonchev–Trinajstić information content (AvgIpc) is 2.82. The van der Waals surface area contributed by atoms with Crippen LogP contribution in [0.1, 0.15) is 19.7 Å².